The topological polar surface area (TPSA) is 38.3 Å². The first-order chi connectivity index (χ1) is 10.9. The van der Waals surface area contributed by atoms with Crippen LogP contribution in [0.4, 0.5) is 0 Å². The van der Waals surface area contributed by atoms with Gasteiger partial charge >= 0.3 is 0 Å². The van der Waals surface area contributed by atoms with E-state index in [-0.39, 0.29) is 17.9 Å². The first-order valence-electron chi connectivity index (χ1n) is 7.32. The van der Waals surface area contributed by atoms with Gasteiger partial charge in [-0.05, 0) is 41.8 Å². The lowest BCUT2D eigenvalue weighted by Crippen LogP contribution is -2.31. The molecule has 5 heteroatoms. The van der Waals surface area contributed by atoms with Gasteiger partial charge in [0.1, 0.15) is 5.75 Å². The van der Waals surface area contributed by atoms with E-state index in [9.17, 15) is 4.79 Å². The van der Waals surface area contributed by atoms with E-state index in [1.807, 2.05) is 24.3 Å². The fourth-order valence-electron chi connectivity index (χ4n) is 2.34. The van der Waals surface area contributed by atoms with Crippen LogP contribution in [0.3, 0.4) is 0 Å². The molecule has 2 aromatic rings. The van der Waals surface area contributed by atoms with Gasteiger partial charge in [0.25, 0.3) is 5.91 Å². The summed E-state index contributed by atoms with van der Waals surface area (Å²) >= 11 is 12.1. The Morgan fingerprint density at radius 2 is 1.74 bits per heavy atom. The molecule has 0 aliphatic heterocycles. The third-order valence-electron chi connectivity index (χ3n) is 3.60. The molecule has 23 heavy (non-hydrogen) atoms. The summed E-state index contributed by atoms with van der Waals surface area (Å²) in [4.78, 5) is 12.6. The van der Waals surface area contributed by atoms with Crippen molar-refractivity contribution < 1.29 is 9.53 Å². The average molecular weight is 352 g/mol. The Hall–Kier alpha value is -1.71. The smallest absolute Gasteiger partial charge is 0.253 e. The molecule has 0 aromatic heterocycles. The highest BCUT2D eigenvalue weighted by Gasteiger charge is 2.20. The van der Waals surface area contributed by atoms with Crippen LogP contribution in [-0.2, 0) is 0 Å². The summed E-state index contributed by atoms with van der Waals surface area (Å²) in [6.45, 7) is 4.10. The number of carbonyl (C=O) groups excluding carboxylic acids is 1. The van der Waals surface area contributed by atoms with Crippen LogP contribution < -0.4 is 10.1 Å². The molecule has 0 spiro atoms. The molecule has 2 rings (SSSR count). The number of carbonyl (C=O) groups is 1. The monoisotopic (exact) mass is 351 g/mol. The fourth-order valence-corrected chi connectivity index (χ4v) is 2.71. The number of benzene rings is 2. The largest absolute Gasteiger partial charge is 0.497 e. The van der Waals surface area contributed by atoms with Crippen molar-refractivity contribution in [1.29, 1.82) is 0 Å². The quantitative estimate of drug-likeness (QED) is 0.810. The zero-order valence-electron chi connectivity index (χ0n) is 13.3. The zero-order valence-corrected chi connectivity index (χ0v) is 14.8. The van der Waals surface area contributed by atoms with E-state index in [2.05, 4.69) is 19.2 Å². The minimum atomic E-state index is -0.244. The number of rotatable bonds is 5. The predicted molar refractivity (Wildman–Crippen MR) is 94.5 cm³/mol. The number of ether oxygens (including phenoxy) is 1. The second-order valence-electron chi connectivity index (χ2n) is 5.59. The Kier molecular flexibility index (Phi) is 5.91. The molecule has 0 heterocycles. The standard InChI is InChI=1S/C18H19Cl2NO2/c1-11(2)17(12-4-7-14(23-3)8-5-12)21-18(22)15-10-13(19)6-9-16(15)20/h4-11,17H,1-3H3,(H,21,22)/t17-/m0/s1. The Balaban J connectivity index is 2.24. The number of hydrogen-bond acceptors (Lipinski definition) is 2. The maximum Gasteiger partial charge on any atom is 0.253 e. The lowest BCUT2D eigenvalue weighted by Gasteiger charge is -2.23. The van der Waals surface area contributed by atoms with Gasteiger partial charge in [0, 0.05) is 5.02 Å². The molecule has 0 unspecified atom stereocenters. The molecule has 0 aliphatic rings. The van der Waals surface area contributed by atoms with Crippen LogP contribution >= 0.6 is 23.2 Å². The molecule has 2 aromatic carbocycles. The fraction of sp³-hybridized carbons (Fsp3) is 0.278. The highest BCUT2D eigenvalue weighted by Crippen LogP contribution is 2.26. The number of halogens is 2. The van der Waals surface area contributed by atoms with E-state index < -0.39 is 0 Å². The number of nitrogens with one attached hydrogen (secondary N) is 1. The molecule has 0 radical (unpaired) electrons. The normalized spacial score (nSPS) is 12.1. The highest BCUT2D eigenvalue weighted by atomic mass is 35.5. The lowest BCUT2D eigenvalue weighted by atomic mass is 9.95. The van der Waals surface area contributed by atoms with Crippen LogP contribution in [0.25, 0.3) is 0 Å². The lowest BCUT2D eigenvalue weighted by molar-refractivity contribution is 0.0925. The predicted octanol–water partition coefficient (Wildman–Crippen LogP) is 5.13. The van der Waals surface area contributed by atoms with Crippen molar-refractivity contribution in [2.75, 3.05) is 7.11 Å². The first kappa shape index (κ1) is 17.6. The van der Waals surface area contributed by atoms with Gasteiger partial charge < -0.3 is 10.1 Å². The maximum absolute atomic E-state index is 12.6. The summed E-state index contributed by atoms with van der Waals surface area (Å²) in [7, 11) is 1.62. The first-order valence-corrected chi connectivity index (χ1v) is 8.08. The van der Waals surface area contributed by atoms with Gasteiger partial charge in [-0.15, -0.1) is 0 Å². The van der Waals surface area contributed by atoms with Crippen LogP contribution in [0.2, 0.25) is 10.0 Å². The minimum Gasteiger partial charge on any atom is -0.497 e. The second kappa shape index (κ2) is 7.71. The molecule has 1 atom stereocenters. The van der Waals surface area contributed by atoms with Gasteiger partial charge in [-0.2, -0.15) is 0 Å². The van der Waals surface area contributed by atoms with E-state index in [1.54, 1.807) is 25.3 Å². The highest BCUT2D eigenvalue weighted by molar-refractivity contribution is 6.35. The van der Waals surface area contributed by atoms with E-state index in [1.165, 1.54) is 0 Å². The Labute approximate surface area is 146 Å². The molecular formula is C18H19Cl2NO2. The van der Waals surface area contributed by atoms with Crippen LogP contribution in [0.5, 0.6) is 5.75 Å². The molecule has 122 valence electrons. The Morgan fingerprint density at radius 3 is 2.30 bits per heavy atom. The van der Waals surface area contributed by atoms with Gasteiger partial charge in [0.05, 0.1) is 23.7 Å². The SMILES string of the molecule is COc1ccc([C@@H](NC(=O)c2cc(Cl)ccc2Cl)C(C)C)cc1. The van der Waals surface area contributed by atoms with Crippen molar-refractivity contribution in [1.82, 2.24) is 5.32 Å². The summed E-state index contributed by atoms with van der Waals surface area (Å²) in [6.07, 6.45) is 0. The van der Waals surface area contributed by atoms with Crippen molar-refractivity contribution in [2.24, 2.45) is 5.92 Å². The number of amides is 1. The van der Waals surface area contributed by atoms with E-state index in [0.717, 1.165) is 11.3 Å². The molecular weight excluding hydrogens is 333 g/mol. The van der Waals surface area contributed by atoms with Gasteiger partial charge in [0.15, 0.2) is 0 Å². The van der Waals surface area contributed by atoms with Gasteiger partial charge in [-0.25, -0.2) is 0 Å². The molecule has 1 amide bonds. The Morgan fingerprint density at radius 1 is 1.09 bits per heavy atom. The van der Waals surface area contributed by atoms with E-state index in [4.69, 9.17) is 27.9 Å². The average Bonchev–Trinajstić information content (AvgIpc) is 2.54. The third kappa shape index (κ3) is 4.40. The summed E-state index contributed by atoms with van der Waals surface area (Å²) in [5.41, 5.74) is 1.38. The van der Waals surface area contributed by atoms with Crippen molar-refractivity contribution >= 4 is 29.1 Å². The second-order valence-corrected chi connectivity index (χ2v) is 6.44. The molecule has 0 aliphatic carbocycles. The van der Waals surface area contributed by atoms with Crippen LogP contribution in [0.15, 0.2) is 42.5 Å². The molecule has 1 N–H and O–H groups in total. The van der Waals surface area contributed by atoms with E-state index >= 15 is 0 Å². The molecule has 0 saturated carbocycles. The van der Waals surface area contributed by atoms with Crippen LogP contribution in [-0.4, -0.2) is 13.0 Å². The summed E-state index contributed by atoms with van der Waals surface area (Å²) in [5.74, 6) is 0.748. The third-order valence-corrected chi connectivity index (χ3v) is 4.17. The van der Waals surface area contributed by atoms with Gasteiger partial charge in [0.2, 0.25) is 0 Å². The number of methoxy groups -OCH3 is 1. The van der Waals surface area contributed by atoms with Crippen molar-refractivity contribution in [3.8, 4) is 5.75 Å². The van der Waals surface area contributed by atoms with Crippen molar-refractivity contribution in [3.63, 3.8) is 0 Å². The van der Waals surface area contributed by atoms with Gasteiger partial charge in [-0.3, -0.25) is 4.79 Å². The summed E-state index contributed by atoms with van der Waals surface area (Å²) in [6, 6.07) is 12.4. The zero-order chi connectivity index (χ0) is 17.0. The molecule has 0 bridgehead atoms. The molecule has 0 saturated heterocycles. The maximum atomic E-state index is 12.6. The molecule has 3 nitrogen and oxygen atoms in total. The summed E-state index contributed by atoms with van der Waals surface area (Å²) in [5, 5.41) is 3.89. The van der Waals surface area contributed by atoms with E-state index in [0.29, 0.717) is 15.6 Å². The van der Waals surface area contributed by atoms with Gasteiger partial charge in [-0.1, -0.05) is 49.2 Å². The van der Waals surface area contributed by atoms with Crippen molar-refractivity contribution in [3.05, 3.63) is 63.6 Å². The Bertz CT molecular complexity index is 684. The van der Waals surface area contributed by atoms with Crippen molar-refractivity contribution in [2.45, 2.75) is 19.9 Å². The molecule has 0 fully saturated rings. The van der Waals surface area contributed by atoms with Crippen LogP contribution in [0.1, 0.15) is 35.8 Å². The number of hydrogen-bond donors (Lipinski definition) is 1. The van der Waals surface area contributed by atoms with Crippen LogP contribution in [0, 0.1) is 5.92 Å². The minimum absolute atomic E-state index is 0.136. The summed E-state index contributed by atoms with van der Waals surface area (Å²) < 4.78 is 5.17.